The minimum Gasteiger partial charge on any atom is -0.309 e. The summed E-state index contributed by atoms with van der Waals surface area (Å²) in [4.78, 5) is 2.53. The maximum atomic E-state index is 2.53. The van der Waals surface area contributed by atoms with Crippen molar-refractivity contribution in [2.24, 2.45) is 0 Å². The van der Waals surface area contributed by atoms with Crippen LogP contribution in [0, 0.1) is 6.92 Å². The molecular formula is C43H33N. The SMILES string of the molecule is Cc1ccc2c(N3c4ccccc4Cc4ccccc43)c3ccccc3c(-c3ccc4c(c3)-c3ccccc3C4(C)C)c2c1. The summed E-state index contributed by atoms with van der Waals surface area (Å²) in [5.41, 5.74) is 15.9. The van der Waals surface area contributed by atoms with Crippen molar-refractivity contribution in [1.29, 1.82) is 0 Å². The molecule has 0 amide bonds. The Bertz CT molecular complexity index is 2260. The molecule has 0 bridgehead atoms. The van der Waals surface area contributed by atoms with E-state index in [0.29, 0.717) is 0 Å². The minimum atomic E-state index is -0.00984. The summed E-state index contributed by atoms with van der Waals surface area (Å²) >= 11 is 0. The number of nitrogens with zero attached hydrogens (tertiary/aromatic N) is 1. The van der Waals surface area contributed by atoms with Crippen LogP contribution < -0.4 is 4.90 Å². The molecule has 0 fully saturated rings. The van der Waals surface area contributed by atoms with E-state index in [-0.39, 0.29) is 5.41 Å². The number of fused-ring (bicyclic) bond motifs is 7. The molecule has 1 aliphatic heterocycles. The van der Waals surface area contributed by atoms with E-state index in [1.807, 2.05) is 0 Å². The van der Waals surface area contributed by atoms with Gasteiger partial charge in [-0.1, -0.05) is 135 Å². The van der Waals surface area contributed by atoms with E-state index < -0.39 is 0 Å². The van der Waals surface area contributed by atoms with E-state index in [0.717, 1.165) is 6.42 Å². The Morgan fingerprint density at radius 3 is 1.91 bits per heavy atom. The van der Waals surface area contributed by atoms with Crippen LogP contribution in [-0.2, 0) is 11.8 Å². The number of anilines is 3. The van der Waals surface area contributed by atoms with E-state index in [4.69, 9.17) is 0 Å². The van der Waals surface area contributed by atoms with Gasteiger partial charge in [-0.2, -0.15) is 0 Å². The fourth-order valence-electron chi connectivity index (χ4n) is 8.03. The molecular weight excluding hydrogens is 530 g/mol. The average Bonchev–Trinajstić information content (AvgIpc) is 3.28. The third kappa shape index (κ3) is 3.47. The maximum absolute atomic E-state index is 2.53. The lowest BCUT2D eigenvalue weighted by Gasteiger charge is -2.35. The first-order valence-electron chi connectivity index (χ1n) is 15.7. The molecule has 0 N–H and O–H groups in total. The van der Waals surface area contributed by atoms with Crippen LogP contribution in [0.25, 0.3) is 43.8 Å². The molecule has 2 aliphatic rings. The lowest BCUT2D eigenvalue weighted by Crippen LogP contribution is -2.19. The van der Waals surface area contributed by atoms with E-state index in [1.54, 1.807) is 0 Å². The molecule has 0 aromatic heterocycles. The zero-order chi connectivity index (χ0) is 29.6. The third-order valence-electron chi connectivity index (χ3n) is 10.1. The van der Waals surface area contributed by atoms with Gasteiger partial charge in [-0.15, -0.1) is 0 Å². The highest BCUT2D eigenvalue weighted by Gasteiger charge is 2.35. The predicted molar refractivity (Wildman–Crippen MR) is 187 cm³/mol. The summed E-state index contributed by atoms with van der Waals surface area (Å²) in [5, 5.41) is 5.12. The first kappa shape index (κ1) is 25.4. The van der Waals surface area contributed by atoms with Crippen LogP contribution in [-0.4, -0.2) is 0 Å². The standard InChI is InChI=1S/C43H33N/c1-27-20-22-34-36(24-27)41(30-21-23-38-35(26-30)31-14-8-9-17-37(31)43(38,2)3)32-15-6-7-16-33(32)42(34)44-39-18-10-4-12-28(39)25-29-13-5-11-19-40(29)44/h4-24,26H,25H2,1-3H3. The molecule has 0 radical (unpaired) electrons. The highest BCUT2D eigenvalue weighted by Crippen LogP contribution is 2.53. The Morgan fingerprint density at radius 1 is 0.523 bits per heavy atom. The fraction of sp³-hybridized carbons (Fsp3) is 0.116. The quantitative estimate of drug-likeness (QED) is 0.189. The monoisotopic (exact) mass is 563 g/mol. The smallest absolute Gasteiger partial charge is 0.0619 e. The lowest BCUT2D eigenvalue weighted by molar-refractivity contribution is 0.660. The van der Waals surface area contributed by atoms with Crippen molar-refractivity contribution in [3.63, 3.8) is 0 Å². The molecule has 7 aromatic carbocycles. The van der Waals surface area contributed by atoms with Crippen LogP contribution in [0.5, 0.6) is 0 Å². The van der Waals surface area contributed by atoms with Crippen molar-refractivity contribution in [3.8, 4) is 22.3 Å². The Balaban J connectivity index is 1.39. The van der Waals surface area contributed by atoms with Crippen molar-refractivity contribution in [1.82, 2.24) is 0 Å². The van der Waals surface area contributed by atoms with Gasteiger partial charge >= 0.3 is 0 Å². The molecule has 7 aromatic rings. The van der Waals surface area contributed by atoms with Gasteiger partial charge in [0, 0.05) is 34.0 Å². The summed E-state index contributed by atoms with van der Waals surface area (Å²) < 4.78 is 0. The molecule has 9 rings (SSSR count). The van der Waals surface area contributed by atoms with Gasteiger partial charge in [-0.25, -0.2) is 0 Å². The van der Waals surface area contributed by atoms with Gasteiger partial charge in [0.1, 0.15) is 0 Å². The minimum absolute atomic E-state index is 0.00984. The molecule has 0 saturated carbocycles. The van der Waals surface area contributed by atoms with Gasteiger partial charge in [-0.3, -0.25) is 0 Å². The Labute approximate surface area is 259 Å². The Morgan fingerprint density at radius 2 is 1.14 bits per heavy atom. The van der Waals surface area contributed by atoms with E-state index >= 15 is 0 Å². The zero-order valence-electron chi connectivity index (χ0n) is 25.4. The second-order valence-electron chi connectivity index (χ2n) is 13.0. The summed E-state index contributed by atoms with van der Waals surface area (Å²) in [7, 11) is 0. The van der Waals surface area contributed by atoms with Crippen LogP contribution in [0.4, 0.5) is 17.1 Å². The van der Waals surface area contributed by atoms with Crippen molar-refractivity contribution in [2.45, 2.75) is 32.6 Å². The number of para-hydroxylation sites is 2. The molecule has 1 aliphatic carbocycles. The van der Waals surface area contributed by atoms with Crippen LogP contribution in [0.2, 0.25) is 0 Å². The first-order valence-corrected chi connectivity index (χ1v) is 15.7. The van der Waals surface area contributed by atoms with E-state index in [9.17, 15) is 0 Å². The molecule has 1 nitrogen and oxygen atoms in total. The highest BCUT2D eigenvalue weighted by atomic mass is 15.2. The zero-order valence-corrected chi connectivity index (χ0v) is 25.4. The van der Waals surface area contributed by atoms with Gasteiger partial charge in [0.15, 0.2) is 0 Å². The Kier molecular flexibility index (Phi) is 5.29. The molecule has 210 valence electrons. The normalized spacial score (nSPS) is 14.3. The number of hydrogen-bond acceptors (Lipinski definition) is 1. The van der Waals surface area contributed by atoms with Gasteiger partial charge < -0.3 is 4.90 Å². The number of rotatable bonds is 2. The van der Waals surface area contributed by atoms with Gasteiger partial charge in [0.05, 0.1) is 5.69 Å². The first-order chi connectivity index (χ1) is 21.5. The lowest BCUT2D eigenvalue weighted by atomic mass is 9.81. The summed E-state index contributed by atoms with van der Waals surface area (Å²) in [6, 6.07) is 50.0. The average molecular weight is 564 g/mol. The number of benzene rings is 7. The molecule has 44 heavy (non-hydrogen) atoms. The molecule has 0 atom stereocenters. The van der Waals surface area contributed by atoms with Crippen molar-refractivity contribution in [3.05, 3.63) is 161 Å². The highest BCUT2D eigenvalue weighted by molar-refractivity contribution is 6.23. The Hall–Kier alpha value is -5.14. The van der Waals surface area contributed by atoms with Gasteiger partial charge in [-0.05, 0) is 80.4 Å². The number of hydrogen-bond donors (Lipinski definition) is 0. The van der Waals surface area contributed by atoms with Crippen molar-refractivity contribution < 1.29 is 0 Å². The van der Waals surface area contributed by atoms with Crippen LogP contribution in [0.15, 0.2) is 133 Å². The predicted octanol–water partition coefficient (Wildman–Crippen LogP) is 11.6. The van der Waals surface area contributed by atoms with Crippen LogP contribution in [0.3, 0.4) is 0 Å². The molecule has 1 heterocycles. The van der Waals surface area contributed by atoms with E-state index in [1.165, 1.54) is 88.7 Å². The van der Waals surface area contributed by atoms with Gasteiger partial charge in [0.2, 0.25) is 0 Å². The molecule has 0 saturated heterocycles. The largest absolute Gasteiger partial charge is 0.309 e. The fourth-order valence-corrected chi connectivity index (χ4v) is 8.03. The summed E-state index contributed by atoms with van der Waals surface area (Å²) in [5.74, 6) is 0. The second kappa shape index (κ2) is 9.18. The summed E-state index contributed by atoms with van der Waals surface area (Å²) in [6.07, 6.45) is 0.947. The van der Waals surface area contributed by atoms with E-state index in [2.05, 4.69) is 159 Å². The van der Waals surface area contributed by atoms with Crippen LogP contribution >= 0.6 is 0 Å². The molecule has 1 heteroatoms. The van der Waals surface area contributed by atoms with Crippen LogP contribution in [0.1, 0.15) is 41.7 Å². The van der Waals surface area contributed by atoms with Crippen molar-refractivity contribution in [2.75, 3.05) is 4.90 Å². The topological polar surface area (TPSA) is 3.24 Å². The molecule has 0 unspecified atom stereocenters. The maximum Gasteiger partial charge on any atom is 0.0619 e. The molecule has 0 spiro atoms. The third-order valence-corrected chi connectivity index (χ3v) is 10.1. The van der Waals surface area contributed by atoms with Gasteiger partial charge in [0.25, 0.3) is 0 Å². The number of aryl methyl sites for hydroxylation is 1. The van der Waals surface area contributed by atoms with Crippen molar-refractivity contribution >= 4 is 38.6 Å². The second-order valence-corrected chi connectivity index (χ2v) is 13.0. The summed E-state index contributed by atoms with van der Waals surface area (Å²) in [6.45, 7) is 6.92.